The van der Waals surface area contributed by atoms with E-state index in [0.29, 0.717) is 12.3 Å². The van der Waals surface area contributed by atoms with Crippen LogP contribution in [0.15, 0.2) is 59.6 Å². The lowest BCUT2D eigenvalue weighted by atomic mass is 9.94. The number of methoxy groups -OCH3 is 1. The number of ether oxygens (including phenoxy) is 2. The summed E-state index contributed by atoms with van der Waals surface area (Å²) in [6.45, 7) is 1.80. The Hall–Kier alpha value is -2.62. The highest BCUT2D eigenvalue weighted by Crippen LogP contribution is 2.27. The maximum absolute atomic E-state index is 12.2. The Labute approximate surface area is 129 Å². The molecule has 0 spiro atoms. The molecule has 112 valence electrons. The molecule has 22 heavy (non-hydrogen) atoms. The van der Waals surface area contributed by atoms with Gasteiger partial charge in [0.1, 0.15) is 5.75 Å². The minimum atomic E-state index is -0.889. The molecule has 0 aromatic heterocycles. The van der Waals surface area contributed by atoms with Crippen molar-refractivity contribution in [1.29, 1.82) is 0 Å². The fourth-order valence-electron chi connectivity index (χ4n) is 2.45. The minimum Gasteiger partial charge on any atom is -0.497 e. The summed E-state index contributed by atoms with van der Waals surface area (Å²) < 4.78 is 10.5. The van der Waals surface area contributed by atoms with E-state index in [4.69, 9.17) is 9.47 Å². The van der Waals surface area contributed by atoms with E-state index in [9.17, 15) is 4.79 Å². The lowest BCUT2D eigenvalue weighted by Gasteiger charge is -2.16. The van der Waals surface area contributed by atoms with Crippen molar-refractivity contribution < 1.29 is 14.3 Å². The number of aliphatic imine (C=N–C) groups is 1. The zero-order chi connectivity index (χ0) is 15.6. The van der Waals surface area contributed by atoms with Crippen LogP contribution in [0.2, 0.25) is 0 Å². The van der Waals surface area contributed by atoms with Gasteiger partial charge in [-0.15, -0.1) is 0 Å². The molecule has 1 heterocycles. The molecule has 1 aliphatic heterocycles. The Balaban J connectivity index is 1.85. The Morgan fingerprint density at radius 3 is 2.41 bits per heavy atom. The van der Waals surface area contributed by atoms with E-state index in [-0.39, 0.29) is 5.97 Å². The third kappa shape index (κ3) is 2.72. The first-order chi connectivity index (χ1) is 10.6. The van der Waals surface area contributed by atoms with Crippen LogP contribution < -0.4 is 4.74 Å². The largest absolute Gasteiger partial charge is 0.497 e. The van der Waals surface area contributed by atoms with E-state index >= 15 is 0 Å². The molecule has 0 N–H and O–H groups in total. The molecule has 2 aromatic rings. The summed E-state index contributed by atoms with van der Waals surface area (Å²) in [5.41, 5.74) is 0.937. The monoisotopic (exact) mass is 295 g/mol. The summed E-state index contributed by atoms with van der Waals surface area (Å²) in [6.07, 6.45) is 0.492. The molecule has 1 atom stereocenters. The first-order valence-corrected chi connectivity index (χ1v) is 7.11. The number of esters is 1. The molecule has 0 radical (unpaired) electrons. The van der Waals surface area contributed by atoms with Gasteiger partial charge >= 0.3 is 5.97 Å². The molecule has 4 nitrogen and oxygen atoms in total. The van der Waals surface area contributed by atoms with Crippen molar-refractivity contribution in [3.63, 3.8) is 0 Å². The van der Waals surface area contributed by atoms with Crippen LogP contribution in [0.3, 0.4) is 0 Å². The summed E-state index contributed by atoms with van der Waals surface area (Å²) in [5.74, 6) is 0.861. The number of benzene rings is 2. The number of cyclic esters (lactones) is 1. The second kappa shape index (κ2) is 5.64. The van der Waals surface area contributed by atoms with Gasteiger partial charge in [-0.3, -0.25) is 0 Å². The molecule has 2 aromatic carbocycles. The number of hydrogen-bond donors (Lipinski definition) is 0. The average molecular weight is 295 g/mol. The lowest BCUT2D eigenvalue weighted by Crippen LogP contribution is -2.32. The molecule has 0 saturated heterocycles. The van der Waals surface area contributed by atoms with Gasteiger partial charge in [0.15, 0.2) is 5.54 Å². The van der Waals surface area contributed by atoms with Gasteiger partial charge in [-0.05, 0) is 36.8 Å². The molecule has 0 fully saturated rings. The lowest BCUT2D eigenvalue weighted by molar-refractivity contribution is -0.138. The van der Waals surface area contributed by atoms with Crippen LogP contribution in [0.1, 0.15) is 18.1 Å². The van der Waals surface area contributed by atoms with Gasteiger partial charge in [-0.25, -0.2) is 9.79 Å². The van der Waals surface area contributed by atoms with Crippen molar-refractivity contribution in [3.05, 3.63) is 65.7 Å². The standard InChI is InChI=1S/C18H17NO3/c1-18(12-13-8-10-15(21-2)11-9-13)17(20)22-16(19-18)14-6-4-3-5-7-14/h3-11H,12H2,1-2H3. The smallest absolute Gasteiger partial charge is 0.340 e. The van der Waals surface area contributed by atoms with E-state index in [1.165, 1.54) is 0 Å². The fraction of sp³-hybridized carbons (Fsp3) is 0.222. The normalized spacial score (nSPS) is 20.5. The summed E-state index contributed by atoms with van der Waals surface area (Å²) >= 11 is 0. The highest BCUT2D eigenvalue weighted by molar-refractivity contribution is 6.07. The van der Waals surface area contributed by atoms with Crippen molar-refractivity contribution >= 4 is 11.9 Å². The highest BCUT2D eigenvalue weighted by Gasteiger charge is 2.42. The number of nitrogens with zero attached hydrogens (tertiary/aromatic N) is 1. The highest BCUT2D eigenvalue weighted by atomic mass is 16.6. The Morgan fingerprint density at radius 2 is 1.77 bits per heavy atom. The van der Waals surface area contributed by atoms with Crippen LogP contribution in [0.4, 0.5) is 0 Å². The number of carbonyl (C=O) groups is 1. The van der Waals surface area contributed by atoms with Crippen LogP contribution in [-0.2, 0) is 16.0 Å². The molecular formula is C18H17NO3. The predicted molar refractivity (Wildman–Crippen MR) is 84.2 cm³/mol. The first-order valence-electron chi connectivity index (χ1n) is 7.11. The fourth-order valence-corrected chi connectivity index (χ4v) is 2.45. The second-order valence-corrected chi connectivity index (χ2v) is 5.47. The van der Waals surface area contributed by atoms with E-state index in [0.717, 1.165) is 16.9 Å². The number of carbonyl (C=O) groups excluding carboxylic acids is 1. The molecule has 0 amide bonds. The SMILES string of the molecule is COc1ccc(CC2(C)N=C(c3ccccc3)OC2=O)cc1. The van der Waals surface area contributed by atoms with Crippen molar-refractivity contribution in [3.8, 4) is 5.75 Å². The number of rotatable bonds is 4. The van der Waals surface area contributed by atoms with Crippen LogP contribution in [0, 0.1) is 0 Å². The summed E-state index contributed by atoms with van der Waals surface area (Å²) in [4.78, 5) is 16.8. The zero-order valence-corrected chi connectivity index (χ0v) is 12.6. The van der Waals surface area contributed by atoms with Gasteiger partial charge in [0.05, 0.1) is 7.11 Å². The summed E-state index contributed by atoms with van der Waals surface area (Å²) in [6, 6.07) is 17.1. The molecule has 1 aliphatic rings. The molecule has 3 rings (SSSR count). The molecule has 0 bridgehead atoms. The van der Waals surface area contributed by atoms with Gasteiger partial charge < -0.3 is 9.47 Å². The zero-order valence-electron chi connectivity index (χ0n) is 12.6. The van der Waals surface area contributed by atoms with Gasteiger partial charge in [0.2, 0.25) is 5.90 Å². The summed E-state index contributed by atoms with van der Waals surface area (Å²) in [7, 11) is 1.63. The van der Waals surface area contributed by atoms with Crippen molar-refractivity contribution in [1.82, 2.24) is 0 Å². The second-order valence-electron chi connectivity index (χ2n) is 5.47. The van der Waals surface area contributed by atoms with Crippen LogP contribution in [0.5, 0.6) is 5.75 Å². The molecular weight excluding hydrogens is 278 g/mol. The van der Waals surface area contributed by atoms with Crippen LogP contribution in [0.25, 0.3) is 0 Å². The van der Waals surface area contributed by atoms with Crippen LogP contribution >= 0.6 is 0 Å². The van der Waals surface area contributed by atoms with Crippen molar-refractivity contribution in [2.75, 3.05) is 7.11 Å². The van der Waals surface area contributed by atoms with Gasteiger partial charge in [0, 0.05) is 12.0 Å². The molecule has 1 unspecified atom stereocenters. The topological polar surface area (TPSA) is 47.9 Å². The van der Waals surface area contributed by atoms with Gasteiger partial charge in [-0.2, -0.15) is 0 Å². The van der Waals surface area contributed by atoms with Crippen molar-refractivity contribution in [2.24, 2.45) is 4.99 Å². The van der Waals surface area contributed by atoms with Gasteiger partial charge in [-0.1, -0.05) is 30.3 Å². The average Bonchev–Trinajstić information content (AvgIpc) is 2.84. The molecule has 4 heteroatoms. The van der Waals surface area contributed by atoms with E-state index in [1.807, 2.05) is 54.6 Å². The Kier molecular flexibility index (Phi) is 3.67. The van der Waals surface area contributed by atoms with E-state index in [1.54, 1.807) is 14.0 Å². The minimum absolute atomic E-state index is 0.317. The third-order valence-corrected chi connectivity index (χ3v) is 3.71. The molecule has 0 aliphatic carbocycles. The van der Waals surface area contributed by atoms with Gasteiger partial charge in [0.25, 0.3) is 0 Å². The first kappa shape index (κ1) is 14.3. The van der Waals surface area contributed by atoms with E-state index < -0.39 is 5.54 Å². The summed E-state index contributed by atoms with van der Waals surface area (Å²) in [5, 5.41) is 0. The van der Waals surface area contributed by atoms with Crippen molar-refractivity contribution in [2.45, 2.75) is 18.9 Å². The quantitative estimate of drug-likeness (QED) is 0.815. The third-order valence-electron chi connectivity index (χ3n) is 3.71. The Bertz CT molecular complexity index is 707. The molecule has 0 saturated carbocycles. The maximum atomic E-state index is 12.2. The Morgan fingerprint density at radius 1 is 1.09 bits per heavy atom. The maximum Gasteiger partial charge on any atom is 0.340 e. The van der Waals surface area contributed by atoms with E-state index in [2.05, 4.69) is 4.99 Å². The predicted octanol–water partition coefficient (Wildman–Crippen LogP) is 3.00. The number of hydrogen-bond acceptors (Lipinski definition) is 4. The van der Waals surface area contributed by atoms with Crippen LogP contribution in [-0.4, -0.2) is 24.5 Å².